The van der Waals surface area contributed by atoms with Crippen LogP contribution in [0.2, 0.25) is 0 Å². The van der Waals surface area contributed by atoms with Crippen LogP contribution in [0, 0.1) is 0 Å². The lowest BCUT2D eigenvalue weighted by atomic mass is 10.1. The Morgan fingerprint density at radius 2 is 1.61 bits per heavy atom. The van der Waals surface area contributed by atoms with Crippen LogP contribution in [-0.4, -0.2) is 52.9 Å². The minimum absolute atomic E-state index is 0.195. The summed E-state index contributed by atoms with van der Waals surface area (Å²) in [7, 11) is 0. The molecule has 0 aliphatic carbocycles. The molecule has 0 aliphatic heterocycles. The van der Waals surface area contributed by atoms with Crippen LogP contribution in [0.3, 0.4) is 0 Å². The Morgan fingerprint density at radius 1 is 1.11 bits per heavy atom. The lowest BCUT2D eigenvalue weighted by molar-refractivity contribution is -0.930. The summed E-state index contributed by atoms with van der Waals surface area (Å²) in [5, 5.41) is 18.6. The van der Waals surface area contributed by atoms with Crippen molar-refractivity contribution in [1.82, 2.24) is 0 Å². The summed E-state index contributed by atoms with van der Waals surface area (Å²) in [6, 6.07) is 0. The van der Waals surface area contributed by atoms with Crippen LogP contribution in [0.5, 0.6) is 0 Å². The van der Waals surface area contributed by atoms with Crippen LogP contribution in [0.4, 0.5) is 0 Å². The van der Waals surface area contributed by atoms with Gasteiger partial charge in [0.1, 0.15) is 12.6 Å². The molecule has 1 atom stereocenters. The molecular formula is C14H30NO3+. The smallest absolute Gasteiger partial charge is 0.309 e. The molecule has 18 heavy (non-hydrogen) atoms. The highest BCUT2D eigenvalue weighted by atomic mass is 16.4. The van der Waals surface area contributed by atoms with E-state index in [-0.39, 0.29) is 12.5 Å². The molecule has 4 heteroatoms. The standard InChI is InChI=1S/C14H29NO3/c1-4-6-9-15(10-7-5-2,12-13(3)16)11-8-14(17)18/h13,16H,4-12H2,1-3H3/p+1. The van der Waals surface area contributed by atoms with Gasteiger partial charge >= 0.3 is 5.97 Å². The second kappa shape index (κ2) is 9.34. The van der Waals surface area contributed by atoms with Crippen LogP contribution in [-0.2, 0) is 4.79 Å². The van der Waals surface area contributed by atoms with E-state index in [0.29, 0.717) is 13.1 Å². The van der Waals surface area contributed by atoms with Crippen molar-refractivity contribution in [3.63, 3.8) is 0 Å². The maximum atomic E-state index is 10.8. The first kappa shape index (κ1) is 17.4. The number of quaternary nitrogens is 1. The fraction of sp³-hybridized carbons (Fsp3) is 0.929. The molecule has 0 saturated carbocycles. The molecule has 0 amide bonds. The largest absolute Gasteiger partial charge is 0.481 e. The number of rotatable bonds is 11. The van der Waals surface area contributed by atoms with Gasteiger partial charge in [-0.2, -0.15) is 0 Å². The van der Waals surface area contributed by atoms with Gasteiger partial charge in [-0.15, -0.1) is 0 Å². The van der Waals surface area contributed by atoms with Crippen molar-refractivity contribution < 1.29 is 19.5 Å². The number of carboxylic acid groups (broad SMARTS) is 1. The highest BCUT2D eigenvalue weighted by Gasteiger charge is 2.28. The number of nitrogens with zero attached hydrogens (tertiary/aromatic N) is 1. The van der Waals surface area contributed by atoms with E-state index in [9.17, 15) is 9.90 Å². The van der Waals surface area contributed by atoms with Crippen molar-refractivity contribution in [2.75, 3.05) is 26.2 Å². The van der Waals surface area contributed by atoms with Gasteiger partial charge in [0.2, 0.25) is 0 Å². The number of carboxylic acids is 1. The lowest BCUT2D eigenvalue weighted by Gasteiger charge is -2.39. The topological polar surface area (TPSA) is 57.5 Å². The number of carbonyl (C=O) groups is 1. The number of aliphatic hydroxyl groups excluding tert-OH is 1. The van der Waals surface area contributed by atoms with Crippen LogP contribution < -0.4 is 0 Å². The Labute approximate surface area is 111 Å². The normalized spacial score (nSPS) is 13.6. The molecule has 0 rings (SSSR count). The molecule has 0 radical (unpaired) electrons. The number of aliphatic hydroxyl groups is 1. The monoisotopic (exact) mass is 260 g/mol. The second-order valence-electron chi connectivity index (χ2n) is 5.39. The molecule has 0 aliphatic rings. The van der Waals surface area contributed by atoms with E-state index < -0.39 is 5.97 Å². The molecule has 0 spiro atoms. The zero-order chi connectivity index (χ0) is 14.0. The fourth-order valence-electron chi connectivity index (χ4n) is 2.49. The first-order valence-corrected chi connectivity index (χ1v) is 7.20. The van der Waals surface area contributed by atoms with Gasteiger partial charge in [-0.1, -0.05) is 26.7 Å². The summed E-state index contributed by atoms with van der Waals surface area (Å²) >= 11 is 0. The number of hydrogen-bond donors (Lipinski definition) is 2. The van der Waals surface area contributed by atoms with E-state index in [1.54, 1.807) is 6.92 Å². The number of unbranched alkanes of at least 4 members (excludes halogenated alkanes) is 2. The number of aliphatic carboxylic acids is 1. The highest BCUT2D eigenvalue weighted by Crippen LogP contribution is 2.15. The average Bonchev–Trinajstić information content (AvgIpc) is 2.30. The minimum Gasteiger partial charge on any atom is -0.481 e. The zero-order valence-electron chi connectivity index (χ0n) is 12.2. The fourth-order valence-corrected chi connectivity index (χ4v) is 2.49. The summed E-state index contributed by atoms with van der Waals surface area (Å²) in [5.41, 5.74) is 0. The predicted molar refractivity (Wildman–Crippen MR) is 73.5 cm³/mol. The van der Waals surface area contributed by atoms with Gasteiger partial charge < -0.3 is 14.7 Å². The van der Waals surface area contributed by atoms with Crippen LogP contribution in [0.1, 0.15) is 52.9 Å². The van der Waals surface area contributed by atoms with Crippen molar-refractivity contribution in [3.05, 3.63) is 0 Å². The van der Waals surface area contributed by atoms with Crippen LogP contribution in [0.25, 0.3) is 0 Å². The highest BCUT2D eigenvalue weighted by molar-refractivity contribution is 5.66. The quantitative estimate of drug-likeness (QED) is 0.560. The summed E-state index contributed by atoms with van der Waals surface area (Å²) < 4.78 is 0.756. The summed E-state index contributed by atoms with van der Waals surface area (Å²) in [6.45, 7) is 9.37. The molecule has 108 valence electrons. The third-order valence-corrected chi connectivity index (χ3v) is 3.42. The molecule has 0 saturated heterocycles. The van der Waals surface area contributed by atoms with Gasteiger partial charge in [0.25, 0.3) is 0 Å². The van der Waals surface area contributed by atoms with E-state index in [1.807, 2.05) is 0 Å². The first-order valence-electron chi connectivity index (χ1n) is 7.20. The summed E-state index contributed by atoms with van der Waals surface area (Å²) in [4.78, 5) is 10.8. The van der Waals surface area contributed by atoms with Crippen LogP contribution >= 0.6 is 0 Å². The van der Waals surface area contributed by atoms with Crippen LogP contribution in [0.15, 0.2) is 0 Å². The molecule has 0 aromatic carbocycles. The Balaban J connectivity index is 4.67. The second-order valence-corrected chi connectivity index (χ2v) is 5.39. The Bertz CT molecular complexity index is 221. The first-order chi connectivity index (χ1) is 8.45. The predicted octanol–water partition coefficient (Wildman–Crippen LogP) is 2.26. The third-order valence-electron chi connectivity index (χ3n) is 3.42. The molecule has 0 aromatic rings. The van der Waals surface area contributed by atoms with E-state index in [2.05, 4.69) is 13.8 Å². The van der Waals surface area contributed by atoms with Gasteiger partial charge in [-0.05, 0) is 19.8 Å². The van der Waals surface area contributed by atoms with E-state index in [0.717, 1.165) is 43.3 Å². The van der Waals surface area contributed by atoms with Gasteiger partial charge in [0, 0.05) is 0 Å². The van der Waals surface area contributed by atoms with Gasteiger partial charge in [0.05, 0.1) is 26.1 Å². The molecule has 0 aromatic heterocycles. The lowest BCUT2D eigenvalue weighted by Crippen LogP contribution is -2.54. The zero-order valence-corrected chi connectivity index (χ0v) is 12.2. The molecule has 1 unspecified atom stereocenters. The average molecular weight is 260 g/mol. The van der Waals surface area contributed by atoms with Crippen molar-refractivity contribution in [1.29, 1.82) is 0 Å². The molecular weight excluding hydrogens is 230 g/mol. The number of hydrogen-bond acceptors (Lipinski definition) is 2. The Kier molecular flexibility index (Phi) is 9.02. The Hall–Kier alpha value is -0.610. The molecule has 4 nitrogen and oxygen atoms in total. The van der Waals surface area contributed by atoms with Gasteiger partial charge in [-0.3, -0.25) is 4.79 Å². The third kappa shape index (κ3) is 7.67. The molecule has 2 N–H and O–H groups in total. The van der Waals surface area contributed by atoms with E-state index in [4.69, 9.17) is 5.11 Å². The van der Waals surface area contributed by atoms with E-state index in [1.165, 1.54) is 0 Å². The maximum absolute atomic E-state index is 10.8. The van der Waals surface area contributed by atoms with Crippen molar-refractivity contribution in [2.24, 2.45) is 0 Å². The van der Waals surface area contributed by atoms with Crippen molar-refractivity contribution in [2.45, 2.75) is 59.0 Å². The molecule has 0 heterocycles. The summed E-state index contributed by atoms with van der Waals surface area (Å²) in [5.74, 6) is -0.740. The van der Waals surface area contributed by atoms with Crippen molar-refractivity contribution >= 4 is 5.97 Å². The van der Waals surface area contributed by atoms with E-state index >= 15 is 0 Å². The molecule has 0 bridgehead atoms. The van der Waals surface area contributed by atoms with Gasteiger partial charge in [0.15, 0.2) is 0 Å². The minimum atomic E-state index is -0.740. The summed E-state index contributed by atoms with van der Waals surface area (Å²) in [6.07, 6.45) is 4.23. The van der Waals surface area contributed by atoms with Crippen molar-refractivity contribution in [3.8, 4) is 0 Å². The van der Waals surface area contributed by atoms with Gasteiger partial charge in [-0.25, -0.2) is 0 Å². The molecule has 0 fully saturated rings. The SMILES string of the molecule is CCCC[N+](CCCC)(CCC(=O)O)CC(C)O. The Morgan fingerprint density at radius 3 is 1.94 bits per heavy atom. The maximum Gasteiger partial charge on any atom is 0.309 e.